The van der Waals surface area contributed by atoms with Crippen molar-refractivity contribution < 1.29 is 9.59 Å². The third-order valence-corrected chi connectivity index (χ3v) is 5.73. The molecule has 150 valence electrons. The highest BCUT2D eigenvalue weighted by Gasteiger charge is 2.28. The molecule has 0 fully saturated rings. The molecule has 2 amide bonds. The summed E-state index contributed by atoms with van der Waals surface area (Å²) in [6.45, 7) is 4.65. The highest BCUT2D eigenvalue weighted by atomic mass is 35.5. The average molecular weight is 419 g/mol. The van der Waals surface area contributed by atoms with E-state index < -0.39 is 6.04 Å². The van der Waals surface area contributed by atoms with Crippen LogP contribution < -0.4 is 5.32 Å². The van der Waals surface area contributed by atoms with Crippen LogP contribution in [0.2, 0.25) is 5.02 Å². The Kier molecular flexibility index (Phi) is 9.38. The number of rotatable bonds is 10. The quantitative estimate of drug-likeness (QED) is 0.617. The van der Waals surface area contributed by atoms with Crippen LogP contribution in [0.3, 0.4) is 0 Å². The lowest BCUT2D eigenvalue weighted by molar-refractivity contribution is -0.139. The van der Waals surface area contributed by atoms with Crippen LogP contribution in [0.1, 0.15) is 31.4 Å². The number of nitrogens with zero attached hydrogens (tertiary/aromatic N) is 1. The van der Waals surface area contributed by atoms with E-state index in [-0.39, 0.29) is 11.8 Å². The van der Waals surface area contributed by atoms with Gasteiger partial charge in [-0.25, -0.2) is 0 Å². The Bertz CT molecular complexity index is 770. The molecule has 0 saturated heterocycles. The number of carbonyl (C=O) groups excluding carboxylic acids is 2. The van der Waals surface area contributed by atoms with Crippen molar-refractivity contribution in [3.8, 4) is 0 Å². The van der Waals surface area contributed by atoms with E-state index in [0.29, 0.717) is 30.3 Å². The first-order valence-electron chi connectivity index (χ1n) is 9.49. The molecule has 0 spiro atoms. The Morgan fingerprint density at radius 1 is 1.07 bits per heavy atom. The van der Waals surface area contributed by atoms with Gasteiger partial charge in [0.25, 0.3) is 0 Å². The normalized spacial score (nSPS) is 11.7. The van der Waals surface area contributed by atoms with Gasteiger partial charge >= 0.3 is 0 Å². The van der Waals surface area contributed by atoms with Gasteiger partial charge in [-0.2, -0.15) is 0 Å². The number of nitrogens with one attached hydrogen (secondary N) is 1. The molecule has 2 aromatic carbocycles. The Hall–Kier alpha value is -1.98. The van der Waals surface area contributed by atoms with Crippen LogP contribution in [0.4, 0.5) is 0 Å². The first kappa shape index (κ1) is 22.3. The molecular weight excluding hydrogens is 392 g/mol. The van der Waals surface area contributed by atoms with Crippen molar-refractivity contribution in [3.05, 3.63) is 70.7 Å². The second kappa shape index (κ2) is 11.8. The van der Waals surface area contributed by atoms with Crippen LogP contribution in [0.25, 0.3) is 0 Å². The smallest absolute Gasteiger partial charge is 0.242 e. The van der Waals surface area contributed by atoms with Crippen molar-refractivity contribution in [3.63, 3.8) is 0 Å². The molecule has 28 heavy (non-hydrogen) atoms. The second-order valence-electron chi connectivity index (χ2n) is 6.41. The number of likely N-dealkylation sites (N-methyl/N-ethyl adjacent to an activating group) is 1. The number of hydrogen-bond donors (Lipinski definition) is 1. The highest BCUT2D eigenvalue weighted by molar-refractivity contribution is 7.99. The molecule has 1 N–H and O–H groups in total. The minimum Gasteiger partial charge on any atom is -0.355 e. The van der Waals surface area contributed by atoms with Crippen LogP contribution in [-0.2, 0) is 21.9 Å². The molecule has 0 aliphatic heterocycles. The molecule has 2 rings (SSSR count). The summed E-state index contributed by atoms with van der Waals surface area (Å²) >= 11 is 7.86. The van der Waals surface area contributed by atoms with E-state index >= 15 is 0 Å². The fourth-order valence-electron chi connectivity index (χ4n) is 2.94. The standard InChI is InChI=1S/C22H27ClN2O2S/c1-3-20(22(27)24-4-2)25(14-18-12-8-9-13-19(18)23)21(26)16-28-15-17-10-6-5-7-11-17/h5-13,20H,3-4,14-16H2,1-2H3,(H,24,27)/t20-/m0/s1. The molecule has 0 aromatic heterocycles. The largest absolute Gasteiger partial charge is 0.355 e. The maximum absolute atomic E-state index is 13.0. The summed E-state index contributed by atoms with van der Waals surface area (Å²) < 4.78 is 0. The molecule has 0 aliphatic rings. The van der Waals surface area contributed by atoms with Crippen molar-refractivity contribution in [2.24, 2.45) is 0 Å². The van der Waals surface area contributed by atoms with Gasteiger partial charge in [0.1, 0.15) is 6.04 Å². The molecule has 1 atom stereocenters. The van der Waals surface area contributed by atoms with Gasteiger partial charge in [-0.3, -0.25) is 9.59 Å². The topological polar surface area (TPSA) is 49.4 Å². The van der Waals surface area contributed by atoms with Gasteiger partial charge in [0.2, 0.25) is 11.8 Å². The van der Waals surface area contributed by atoms with E-state index in [9.17, 15) is 9.59 Å². The summed E-state index contributed by atoms with van der Waals surface area (Å²) in [7, 11) is 0. The fourth-order valence-corrected chi connectivity index (χ4v) is 4.00. The van der Waals surface area contributed by atoms with Gasteiger partial charge in [0.15, 0.2) is 0 Å². The van der Waals surface area contributed by atoms with Crippen molar-refractivity contribution >= 4 is 35.2 Å². The molecule has 6 heteroatoms. The van der Waals surface area contributed by atoms with E-state index in [2.05, 4.69) is 5.32 Å². The number of carbonyl (C=O) groups is 2. The fraction of sp³-hybridized carbons (Fsp3) is 0.364. The number of thioether (sulfide) groups is 1. The van der Waals surface area contributed by atoms with Gasteiger partial charge in [0.05, 0.1) is 5.75 Å². The number of benzene rings is 2. The van der Waals surface area contributed by atoms with E-state index in [4.69, 9.17) is 11.6 Å². The number of amides is 2. The maximum Gasteiger partial charge on any atom is 0.242 e. The van der Waals surface area contributed by atoms with Crippen LogP contribution in [0, 0.1) is 0 Å². The molecule has 0 unspecified atom stereocenters. The summed E-state index contributed by atoms with van der Waals surface area (Å²) in [5.74, 6) is 0.886. The predicted molar refractivity (Wildman–Crippen MR) is 117 cm³/mol. The zero-order valence-corrected chi connectivity index (χ0v) is 17.9. The minimum atomic E-state index is -0.513. The molecule has 0 bridgehead atoms. The summed E-state index contributed by atoms with van der Waals surface area (Å²) in [6, 6.07) is 17.0. The second-order valence-corrected chi connectivity index (χ2v) is 7.80. The van der Waals surface area contributed by atoms with Crippen molar-refractivity contribution in [1.29, 1.82) is 0 Å². The molecule has 0 heterocycles. The zero-order valence-electron chi connectivity index (χ0n) is 16.4. The molecule has 4 nitrogen and oxygen atoms in total. The zero-order chi connectivity index (χ0) is 20.4. The Balaban J connectivity index is 2.12. The van der Waals surface area contributed by atoms with Crippen molar-refractivity contribution in [1.82, 2.24) is 10.2 Å². The lowest BCUT2D eigenvalue weighted by Crippen LogP contribution is -2.49. The SMILES string of the molecule is CCNC(=O)[C@H](CC)N(Cc1ccccc1Cl)C(=O)CSCc1ccccc1. The van der Waals surface area contributed by atoms with E-state index in [1.165, 1.54) is 5.56 Å². The van der Waals surface area contributed by atoms with E-state index in [1.54, 1.807) is 22.7 Å². The monoisotopic (exact) mass is 418 g/mol. The molecule has 0 radical (unpaired) electrons. The van der Waals surface area contributed by atoms with Crippen LogP contribution in [0.15, 0.2) is 54.6 Å². The van der Waals surface area contributed by atoms with Gasteiger partial charge in [-0.1, -0.05) is 67.1 Å². The predicted octanol–water partition coefficient (Wildman–Crippen LogP) is 4.52. The van der Waals surface area contributed by atoms with Crippen LogP contribution in [-0.4, -0.2) is 35.1 Å². The Morgan fingerprint density at radius 2 is 1.75 bits per heavy atom. The van der Waals surface area contributed by atoms with Crippen molar-refractivity contribution in [2.45, 2.75) is 38.6 Å². The van der Waals surface area contributed by atoms with E-state index in [0.717, 1.165) is 11.3 Å². The first-order valence-corrected chi connectivity index (χ1v) is 11.0. The lowest BCUT2D eigenvalue weighted by Gasteiger charge is -2.30. The third-order valence-electron chi connectivity index (χ3n) is 4.37. The number of hydrogen-bond acceptors (Lipinski definition) is 3. The molecular formula is C22H27ClN2O2S. The summed E-state index contributed by atoms with van der Waals surface area (Å²) in [5, 5.41) is 3.44. The van der Waals surface area contributed by atoms with Crippen LogP contribution >= 0.6 is 23.4 Å². The summed E-state index contributed by atoms with van der Waals surface area (Å²) in [5.41, 5.74) is 2.02. The molecule has 0 saturated carbocycles. The van der Waals surface area contributed by atoms with Crippen LogP contribution in [0.5, 0.6) is 0 Å². The van der Waals surface area contributed by atoms with Gasteiger partial charge < -0.3 is 10.2 Å². The number of halogens is 1. The third kappa shape index (κ3) is 6.57. The molecule has 2 aromatic rings. The summed E-state index contributed by atoms with van der Waals surface area (Å²) in [4.78, 5) is 27.2. The summed E-state index contributed by atoms with van der Waals surface area (Å²) in [6.07, 6.45) is 0.547. The van der Waals surface area contributed by atoms with Gasteiger partial charge in [-0.15, -0.1) is 11.8 Å². The minimum absolute atomic E-state index is 0.0565. The van der Waals surface area contributed by atoms with Gasteiger partial charge in [0, 0.05) is 23.9 Å². The Morgan fingerprint density at radius 3 is 2.39 bits per heavy atom. The van der Waals surface area contributed by atoms with Gasteiger partial charge in [-0.05, 0) is 30.5 Å². The average Bonchev–Trinajstić information content (AvgIpc) is 2.70. The van der Waals surface area contributed by atoms with E-state index in [1.807, 2.05) is 62.4 Å². The Labute approximate surface area is 176 Å². The molecule has 0 aliphatic carbocycles. The lowest BCUT2D eigenvalue weighted by atomic mass is 10.1. The first-order chi connectivity index (χ1) is 13.6. The van der Waals surface area contributed by atoms with Crippen molar-refractivity contribution in [2.75, 3.05) is 12.3 Å². The highest BCUT2D eigenvalue weighted by Crippen LogP contribution is 2.21. The maximum atomic E-state index is 13.0.